The molecule has 8 nitrogen and oxygen atoms in total. The van der Waals surface area contributed by atoms with E-state index in [4.69, 9.17) is 4.98 Å². The quantitative estimate of drug-likeness (QED) is 0.352. The van der Waals surface area contributed by atoms with Crippen LogP contribution in [-0.2, 0) is 15.4 Å². The number of sulfonamides is 1. The van der Waals surface area contributed by atoms with Crippen LogP contribution in [0.3, 0.4) is 0 Å². The van der Waals surface area contributed by atoms with Gasteiger partial charge in [-0.1, -0.05) is 26.0 Å². The van der Waals surface area contributed by atoms with E-state index >= 15 is 0 Å². The second-order valence-corrected chi connectivity index (χ2v) is 12.6. The van der Waals surface area contributed by atoms with Crippen LogP contribution in [0, 0.1) is 28.4 Å². The zero-order valence-electron chi connectivity index (χ0n) is 21.9. The van der Waals surface area contributed by atoms with Crippen LogP contribution >= 0.6 is 0 Å². The number of nitriles is 1. The molecular weight excluding hydrogens is 534 g/mol. The number of nitrogens with one attached hydrogen (secondary N) is 1. The third-order valence-electron chi connectivity index (χ3n) is 8.37. The Balaban J connectivity index is 1.46. The summed E-state index contributed by atoms with van der Waals surface area (Å²) in [5.74, 6) is -1.34. The normalized spacial score (nSPS) is 20.6. The average Bonchev–Trinajstić information content (AvgIpc) is 3.29. The molecule has 3 aromatic heterocycles. The maximum absolute atomic E-state index is 14.6. The zero-order chi connectivity index (χ0) is 28.4. The van der Waals surface area contributed by atoms with E-state index in [-0.39, 0.29) is 34.0 Å². The number of pyridine rings is 2. The highest BCUT2D eigenvalue weighted by Gasteiger charge is 2.65. The first-order chi connectivity index (χ1) is 19.0. The summed E-state index contributed by atoms with van der Waals surface area (Å²) in [6, 6.07) is 14.6. The first-order valence-corrected chi connectivity index (χ1v) is 14.5. The van der Waals surface area contributed by atoms with Crippen molar-refractivity contribution in [2.75, 3.05) is 11.0 Å². The Bertz CT molecular complexity index is 1830. The van der Waals surface area contributed by atoms with Crippen LogP contribution in [0.1, 0.15) is 55.1 Å². The predicted molar refractivity (Wildman–Crippen MR) is 145 cm³/mol. The molecule has 202 valence electrons. The Morgan fingerprint density at radius 1 is 1.05 bits per heavy atom. The van der Waals surface area contributed by atoms with Crippen LogP contribution in [0.25, 0.3) is 22.5 Å². The molecule has 1 fully saturated rings. The molecule has 1 aromatic carbocycles. The lowest BCUT2D eigenvalue weighted by molar-refractivity contribution is 0.243. The fourth-order valence-electron chi connectivity index (χ4n) is 6.54. The molecule has 0 aliphatic heterocycles. The lowest BCUT2D eigenvalue weighted by Crippen LogP contribution is -2.37. The average molecular weight is 559 g/mol. The molecule has 3 heterocycles. The Hall–Kier alpha value is -4.30. The summed E-state index contributed by atoms with van der Waals surface area (Å²) in [4.78, 5) is 9.17. The van der Waals surface area contributed by atoms with Crippen molar-refractivity contribution in [3.63, 3.8) is 0 Å². The number of fused-ring (bicyclic) bond motifs is 5. The van der Waals surface area contributed by atoms with Crippen molar-refractivity contribution in [3.05, 3.63) is 88.9 Å². The van der Waals surface area contributed by atoms with Gasteiger partial charge in [0.2, 0.25) is 10.0 Å². The molecule has 0 unspecified atom stereocenters. The fourth-order valence-corrected chi connectivity index (χ4v) is 7.05. The summed E-state index contributed by atoms with van der Waals surface area (Å²) in [6.07, 6.45) is 4.08. The zero-order valence-corrected chi connectivity index (χ0v) is 22.7. The van der Waals surface area contributed by atoms with Crippen LogP contribution < -0.4 is 4.72 Å². The van der Waals surface area contributed by atoms with Crippen LogP contribution in [-0.4, -0.2) is 34.8 Å². The van der Waals surface area contributed by atoms with Crippen molar-refractivity contribution in [2.24, 2.45) is 5.41 Å². The minimum atomic E-state index is -3.61. The Morgan fingerprint density at radius 2 is 1.77 bits per heavy atom. The highest BCUT2D eigenvalue weighted by atomic mass is 32.2. The van der Waals surface area contributed by atoms with Gasteiger partial charge in [-0.2, -0.15) is 10.4 Å². The number of hydrogen-bond acceptors (Lipinski definition) is 7. The molecule has 6 rings (SSSR count). The van der Waals surface area contributed by atoms with E-state index in [2.05, 4.69) is 33.8 Å². The van der Waals surface area contributed by atoms with E-state index in [0.717, 1.165) is 36.0 Å². The lowest BCUT2D eigenvalue weighted by Gasteiger charge is -2.37. The van der Waals surface area contributed by atoms with Gasteiger partial charge in [-0.05, 0) is 66.1 Å². The number of aromatic nitrogens is 4. The monoisotopic (exact) mass is 558 g/mol. The molecule has 0 saturated heterocycles. The minimum absolute atomic E-state index is 0.0506. The number of hydrogen-bond donors (Lipinski definition) is 1. The van der Waals surface area contributed by atoms with Gasteiger partial charge >= 0.3 is 0 Å². The molecule has 1 saturated carbocycles. The summed E-state index contributed by atoms with van der Waals surface area (Å²) in [5, 5.41) is 18.5. The molecule has 40 heavy (non-hydrogen) atoms. The molecule has 11 heteroatoms. The molecule has 4 aromatic rings. The second-order valence-electron chi connectivity index (χ2n) is 10.9. The number of anilines is 1. The summed E-state index contributed by atoms with van der Waals surface area (Å²) in [5.41, 5.74) is 2.68. The van der Waals surface area contributed by atoms with Crippen molar-refractivity contribution in [2.45, 2.75) is 38.0 Å². The SMILES string of the molecule is CC1(C)[C@H]2CC[C@@]1(c1cccc(-c3cnc(NS(C)(=O)=O)c(C#N)c3)n1)c1nnc(-c3c(F)cccc3F)cc12. The van der Waals surface area contributed by atoms with Gasteiger partial charge in [0, 0.05) is 11.8 Å². The maximum atomic E-state index is 14.6. The van der Waals surface area contributed by atoms with Gasteiger partial charge in [0.15, 0.2) is 5.82 Å². The van der Waals surface area contributed by atoms with Crippen LogP contribution in [0.5, 0.6) is 0 Å². The van der Waals surface area contributed by atoms with E-state index in [1.54, 1.807) is 18.2 Å². The van der Waals surface area contributed by atoms with Gasteiger partial charge in [0.25, 0.3) is 0 Å². The topological polar surface area (TPSA) is 122 Å². The van der Waals surface area contributed by atoms with Crippen molar-refractivity contribution in [1.82, 2.24) is 20.2 Å². The Morgan fingerprint density at radius 3 is 2.48 bits per heavy atom. The van der Waals surface area contributed by atoms with Gasteiger partial charge in [0.05, 0.1) is 45.6 Å². The number of halogens is 2. The van der Waals surface area contributed by atoms with Crippen molar-refractivity contribution in [3.8, 4) is 28.6 Å². The van der Waals surface area contributed by atoms with Gasteiger partial charge in [0.1, 0.15) is 17.7 Å². The van der Waals surface area contributed by atoms with E-state index in [1.165, 1.54) is 24.4 Å². The Kier molecular flexibility index (Phi) is 5.75. The summed E-state index contributed by atoms with van der Waals surface area (Å²) >= 11 is 0. The highest BCUT2D eigenvalue weighted by Crippen LogP contribution is 2.69. The molecule has 2 aliphatic rings. The third-order valence-corrected chi connectivity index (χ3v) is 8.94. The summed E-state index contributed by atoms with van der Waals surface area (Å²) in [7, 11) is -3.61. The molecule has 2 atom stereocenters. The molecule has 1 N–H and O–H groups in total. The smallest absolute Gasteiger partial charge is 0.231 e. The largest absolute Gasteiger partial charge is 0.266 e. The predicted octanol–water partition coefficient (Wildman–Crippen LogP) is 5.33. The van der Waals surface area contributed by atoms with Gasteiger partial charge in [-0.25, -0.2) is 22.2 Å². The van der Waals surface area contributed by atoms with Gasteiger partial charge < -0.3 is 0 Å². The maximum Gasteiger partial charge on any atom is 0.231 e. The van der Waals surface area contributed by atoms with Crippen molar-refractivity contribution < 1.29 is 17.2 Å². The lowest BCUT2D eigenvalue weighted by atomic mass is 9.66. The van der Waals surface area contributed by atoms with Gasteiger partial charge in [-0.15, -0.1) is 5.10 Å². The first-order valence-electron chi connectivity index (χ1n) is 12.6. The molecule has 0 spiro atoms. The van der Waals surface area contributed by atoms with Crippen molar-refractivity contribution >= 4 is 15.8 Å². The molecular formula is C29H24F2N6O2S. The van der Waals surface area contributed by atoms with Crippen LogP contribution in [0.4, 0.5) is 14.6 Å². The van der Waals surface area contributed by atoms with Crippen LogP contribution in [0.2, 0.25) is 0 Å². The van der Waals surface area contributed by atoms with Gasteiger partial charge in [-0.3, -0.25) is 9.71 Å². The number of rotatable bonds is 5. The van der Waals surface area contributed by atoms with E-state index in [1.807, 2.05) is 18.2 Å². The third kappa shape index (κ3) is 3.78. The standard InChI is InChI=1S/C29H24F2N6O2S/c1-28(2)19-10-11-29(28,26-18(19)13-23(35-36-26)25-20(30)6-4-7-21(25)31)24-9-5-8-22(34-24)17-12-16(14-32)27(33-15-17)37-40(3,38)39/h4-9,12-13,15,19H,10-11H2,1-3H3,(H,33,37)/t19-,29+/m0/s1. The molecule has 2 bridgehead atoms. The molecule has 0 radical (unpaired) electrons. The first kappa shape index (κ1) is 26.0. The fraction of sp³-hybridized carbons (Fsp3) is 0.276. The van der Waals surface area contributed by atoms with E-state index in [9.17, 15) is 22.5 Å². The second kappa shape index (κ2) is 8.86. The number of nitrogens with zero attached hydrogens (tertiary/aromatic N) is 5. The minimum Gasteiger partial charge on any atom is -0.266 e. The van der Waals surface area contributed by atoms with E-state index in [0.29, 0.717) is 11.3 Å². The number of benzene rings is 1. The highest BCUT2D eigenvalue weighted by molar-refractivity contribution is 7.92. The molecule has 2 aliphatic carbocycles. The van der Waals surface area contributed by atoms with Crippen molar-refractivity contribution in [1.29, 1.82) is 5.26 Å². The van der Waals surface area contributed by atoms with E-state index < -0.39 is 27.1 Å². The summed E-state index contributed by atoms with van der Waals surface area (Å²) in [6.45, 7) is 4.32. The Labute approximate surface area is 230 Å². The van der Waals surface area contributed by atoms with Crippen LogP contribution in [0.15, 0.2) is 54.7 Å². The molecule has 0 amide bonds. The summed E-state index contributed by atoms with van der Waals surface area (Å²) < 4.78 is 54.7.